The number of halogens is 1. The van der Waals surface area contributed by atoms with Gasteiger partial charge >= 0.3 is 0 Å². The van der Waals surface area contributed by atoms with Gasteiger partial charge in [0.15, 0.2) is 0 Å². The Labute approximate surface area is 68.7 Å². The van der Waals surface area contributed by atoms with Crippen molar-refractivity contribution in [3.05, 3.63) is 0 Å². The lowest BCUT2D eigenvalue weighted by Gasteiger charge is -2.26. The quantitative estimate of drug-likeness (QED) is 0.547. The van der Waals surface area contributed by atoms with Crippen LogP contribution in [0.3, 0.4) is 0 Å². The highest BCUT2D eigenvalue weighted by molar-refractivity contribution is 5.26. The molecule has 0 aliphatic heterocycles. The topological polar surface area (TPSA) is 12.4 Å². The lowest BCUT2D eigenvalue weighted by Crippen LogP contribution is -2.29. The summed E-state index contributed by atoms with van der Waals surface area (Å²) in [5, 5.41) is 0. The molecule has 0 fully saturated rings. The van der Waals surface area contributed by atoms with E-state index in [1.54, 1.807) is 0 Å². The summed E-state index contributed by atoms with van der Waals surface area (Å²) in [6.45, 7) is 9.16. The highest BCUT2D eigenvalue weighted by Crippen LogP contribution is 2.24. The molecule has 0 radical (unpaired) electrons. The van der Waals surface area contributed by atoms with Gasteiger partial charge in [-0.3, -0.25) is 4.99 Å². The second kappa shape index (κ2) is 4.47. The number of hydrogen-bond donors (Lipinski definition) is 0. The Hall–Kier alpha value is -0.400. The average molecular weight is 159 g/mol. The van der Waals surface area contributed by atoms with Crippen LogP contribution in [0, 0.1) is 5.92 Å². The minimum absolute atomic E-state index is 0.384. The van der Waals surface area contributed by atoms with Crippen molar-refractivity contribution in [2.45, 2.75) is 39.2 Å². The standard InChI is InChI=1S/C9H18FN/c1-5-9(7-10,11-4)6-8(2)3/h8H,4-7H2,1-3H3. The van der Waals surface area contributed by atoms with Gasteiger partial charge in [0.25, 0.3) is 0 Å². The van der Waals surface area contributed by atoms with E-state index < -0.39 is 5.54 Å². The van der Waals surface area contributed by atoms with Crippen molar-refractivity contribution in [1.29, 1.82) is 0 Å². The fourth-order valence-corrected chi connectivity index (χ4v) is 1.27. The first-order chi connectivity index (χ1) is 5.10. The molecule has 0 aliphatic carbocycles. The zero-order chi connectivity index (χ0) is 8.91. The van der Waals surface area contributed by atoms with Crippen LogP contribution in [-0.4, -0.2) is 18.9 Å². The molecule has 0 N–H and O–H groups in total. The third kappa shape index (κ3) is 3.00. The molecule has 11 heavy (non-hydrogen) atoms. The van der Waals surface area contributed by atoms with Crippen LogP contribution >= 0.6 is 0 Å². The molecule has 0 aliphatic rings. The van der Waals surface area contributed by atoms with Gasteiger partial charge in [0, 0.05) is 0 Å². The number of hydrogen-bond acceptors (Lipinski definition) is 1. The fourth-order valence-electron chi connectivity index (χ4n) is 1.27. The van der Waals surface area contributed by atoms with Crippen LogP contribution < -0.4 is 0 Å². The Morgan fingerprint density at radius 2 is 2.09 bits per heavy atom. The van der Waals surface area contributed by atoms with Crippen molar-refractivity contribution in [3.63, 3.8) is 0 Å². The van der Waals surface area contributed by atoms with Crippen molar-refractivity contribution in [2.75, 3.05) is 6.67 Å². The van der Waals surface area contributed by atoms with Crippen LogP contribution in [-0.2, 0) is 0 Å². The molecular formula is C9H18FN. The summed E-state index contributed by atoms with van der Waals surface area (Å²) >= 11 is 0. The van der Waals surface area contributed by atoms with Crippen molar-refractivity contribution in [2.24, 2.45) is 10.9 Å². The molecule has 0 saturated carbocycles. The maximum Gasteiger partial charge on any atom is 0.114 e. The van der Waals surface area contributed by atoms with Gasteiger partial charge in [-0.25, -0.2) is 4.39 Å². The molecule has 1 atom stereocenters. The Balaban J connectivity index is 4.16. The minimum Gasteiger partial charge on any atom is -0.292 e. The van der Waals surface area contributed by atoms with Crippen LogP contribution in [0.15, 0.2) is 4.99 Å². The normalized spacial score (nSPS) is 16.5. The summed E-state index contributed by atoms with van der Waals surface area (Å²) in [6, 6.07) is 0. The highest BCUT2D eigenvalue weighted by Gasteiger charge is 2.26. The van der Waals surface area contributed by atoms with Crippen molar-refractivity contribution < 1.29 is 4.39 Å². The molecule has 1 nitrogen and oxygen atoms in total. The summed E-state index contributed by atoms with van der Waals surface area (Å²) in [4.78, 5) is 3.87. The molecule has 0 saturated heterocycles. The maximum atomic E-state index is 12.5. The third-order valence-corrected chi connectivity index (χ3v) is 2.03. The van der Waals surface area contributed by atoms with E-state index in [1.807, 2.05) is 6.92 Å². The van der Waals surface area contributed by atoms with Gasteiger partial charge in [-0.1, -0.05) is 20.8 Å². The molecule has 1 unspecified atom stereocenters. The second-order valence-corrected chi connectivity index (χ2v) is 3.47. The lowest BCUT2D eigenvalue weighted by molar-refractivity contribution is 0.257. The Kier molecular flexibility index (Phi) is 4.31. The molecule has 2 heteroatoms. The molecule has 0 rings (SSSR count). The summed E-state index contributed by atoms with van der Waals surface area (Å²) in [5.74, 6) is 0.483. The Morgan fingerprint density at radius 3 is 2.18 bits per heavy atom. The zero-order valence-electron chi connectivity index (χ0n) is 7.73. The number of rotatable bonds is 5. The minimum atomic E-state index is -0.506. The number of aliphatic imine (C=N–C) groups is 1. The maximum absolute atomic E-state index is 12.5. The molecule has 0 amide bonds. The second-order valence-electron chi connectivity index (χ2n) is 3.47. The predicted octanol–water partition coefficient (Wildman–Crippen LogP) is 2.85. The average Bonchev–Trinajstić information content (AvgIpc) is 2.00. The predicted molar refractivity (Wildman–Crippen MR) is 48.0 cm³/mol. The van der Waals surface area contributed by atoms with Crippen LogP contribution in [0.25, 0.3) is 0 Å². The van der Waals surface area contributed by atoms with Crippen LogP contribution in [0.1, 0.15) is 33.6 Å². The Bertz CT molecular complexity index is 117. The van der Waals surface area contributed by atoms with E-state index in [0.717, 1.165) is 12.8 Å². The van der Waals surface area contributed by atoms with E-state index in [0.29, 0.717) is 5.92 Å². The van der Waals surface area contributed by atoms with Crippen LogP contribution in [0.4, 0.5) is 4.39 Å². The summed E-state index contributed by atoms with van der Waals surface area (Å²) < 4.78 is 12.5. The molecule has 66 valence electrons. The van der Waals surface area contributed by atoms with Gasteiger partial charge in [0.1, 0.15) is 6.67 Å². The first-order valence-corrected chi connectivity index (χ1v) is 4.14. The first kappa shape index (κ1) is 10.6. The van der Waals surface area contributed by atoms with Gasteiger partial charge in [-0.2, -0.15) is 0 Å². The molecular weight excluding hydrogens is 141 g/mol. The third-order valence-electron chi connectivity index (χ3n) is 2.03. The van der Waals surface area contributed by atoms with Gasteiger partial charge < -0.3 is 0 Å². The zero-order valence-corrected chi connectivity index (χ0v) is 7.73. The molecule has 0 aromatic heterocycles. The number of nitrogens with zero attached hydrogens (tertiary/aromatic N) is 1. The monoisotopic (exact) mass is 159 g/mol. The SMILES string of the molecule is C=NC(CC)(CF)CC(C)C. The van der Waals surface area contributed by atoms with E-state index in [-0.39, 0.29) is 6.67 Å². The summed E-state index contributed by atoms with van der Waals surface area (Å²) in [7, 11) is 0. The van der Waals surface area contributed by atoms with E-state index in [2.05, 4.69) is 25.6 Å². The van der Waals surface area contributed by atoms with E-state index in [1.165, 1.54) is 0 Å². The molecule has 0 aromatic carbocycles. The van der Waals surface area contributed by atoms with Crippen molar-refractivity contribution >= 4 is 6.72 Å². The van der Waals surface area contributed by atoms with E-state index in [9.17, 15) is 4.39 Å². The molecule has 0 aromatic rings. The van der Waals surface area contributed by atoms with Crippen molar-refractivity contribution in [3.8, 4) is 0 Å². The van der Waals surface area contributed by atoms with Crippen molar-refractivity contribution in [1.82, 2.24) is 0 Å². The van der Waals surface area contributed by atoms with Crippen LogP contribution in [0.2, 0.25) is 0 Å². The first-order valence-electron chi connectivity index (χ1n) is 4.14. The Morgan fingerprint density at radius 1 is 1.55 bits per heavy atom. The highest BCUT2D eigenvalue weighted by atomic mass is 19.1. The van der Waals surface area contributed by atoms with E-state index >= 15 is 0 Å². The van der Waals surface area contributed by atoms with Gasteiger partial charge in [0.2, 0.25) is 0 Å². The van der Waals surface area contributed by atoms with Gasteiger partial charge in [-0.15, -0.1) is 0 Å². The molecule has 0 bridgehead atoms. The molecule has 0 heterocycles. The summed E-state index contributed by atoms with van der Waals surface area (Å²) in [5.41, 5.74) is -0.506. The largest absolute Gasteiger partial charge is 0.292 e. The molecule has 0 spiro atoms. The lowest BCUT2D eigenvalue weighted by atomic mass is 9.88. The fraction of sp³-hybridized carbons (Fsp3) is 0.889. The van der Waals surface area contributed by atoms with Gasteiger partial charge in [-0.05, 0) is 25.5 Å². The van der Waals surface area contributed by atoms with Crippen LogP contribution in [0.5, 0.6) is 0 Å². The number of alkyl halides is 1. The van der Waals surface area contributed by atoms with Gasteiger partial charge in [0.05, 0.1) is 5.54 Å². The van der Waals surface area contributed by atoms with E-state index in [4.69, 9.17) is 0 Å². The summed E-state index contributed by atoms with van der Waals surface area (Å²) in [6.07, 6.45) is 1.54. The smallest absolute Gasteiger partial charge is 0.114 e.